The molecule has 0 spiro atoms. The van der Waals surface area contributed by atoms with Crippen LogP contribution in [-0.2, 0) is 20.0 Å². The van der Waals surface area contributed by atoms with Crippen LogP contribution < -0.4 is 11.2 Å². The number of rotatable bonds is 4. The third-order valence-electron chi connectivity index (χ3n) is 3.12. The summed E-state index contributed by atoms with van der Waals surface area (Å²) in [5.41, 5.74) is -0.912. The highest BCUT2D eigenvalue weighted by Gasteiger charge is 2.12. The molecule has 2 rings (SSSR count). The molecule has 0 fully saturated rings. The Kier molecular flexibility index (Phi) is 4.04. The van der Waals surface area contributed by atoms with E-state index in [4.69, 9.17) is 0 Å². The molecule has 0 radical (unpaired) electrons. The van der Waals surface area contributed by atoms with Crippen molar-refractivity contribution in [1.82, 2.24) is 9.13 Å². The van der Waals surface area contributed by atoms with Gasteiger partial charge in [-0.25, -0.2) is 4.79 Å². The number of nitrogens with zero attached hydrogens (tertiary/aromatic N) is 2. The van der Waals surface area contributed by atoms with Gasteiger partial charge in [0.1, 0.15) is 0 Å². The molecule has 5 nitrogen and oxygen atoms in total. The monoisotopic (exact) mass is 292 g/mol. The molecule has 0 aliphatic carbocycles. The molecular weight excluding hydrogens is 276 g/mol. The predicted molar refractivity (Wildman–Crippen MR) is 78.7 cm³/mol. The van der Waals surface area contributed by atoms with Crippen LogP contribution in [0.5, 0.6) is 0 Å². The lowest BCUT2D eigenvalue weighted by molar-refractivity contribution is 0.101. The number of carbonyl (C=O) groups excluding carboxylic acids is 1. The molecule has 20 heavy (non-hydrogen) atoms. The molecule has 2 aromatic heterocycles. The first-order chi connectivity index (χ1) is 9.43. The van der Waals surface area contributed by atoms with Crippen LogP contribution in [0.2, 0.25) is 0 Å². The zero-order valence-electron chi connectivity index (χ0n) is 11.7. The first-order valence-electron chi connectivity index (χ1n) is 6.33. The Morgan fingerprint density at radius 3 is 2.45 bits per heavy atom. The van der Waals surface area contributed by atoms with Crippen LogP contribution in [0, 0.1) is 0 Å². The number of ketones is 1. The van der Waals surface area contributed by atoms with Crippen molar-refractivity contribution in [2.45, 2.75) is 26.8 Å². The predicted octanol–water partition coefficient (Wildman–Crippen LogP) is 1.42. The van der Waals surface area contributed by atoms with Gasteiger partial charge in [0.25, 0.3) is 5.56 Å². The van der Waals surface area contributed by atoms with Gasteiger partial charge in [0.15, 0.2) is 5.78 Å². The maximum Gasteiger partial charge on any atom is 0.331 e. The molecule has 0 unspecified atom stereocenters. The molecular formula is C14H16N2O3S. The maximum atomic E-state index is 12.1. The minimum absolute atomic E-state index is 0.0411. The lowest BCUT2D eigenvalue weighted by Gasteiger charge is -2.08. The SMILES string of the molecule is CCc1ccc(Cn2cc(C(C)=O)c(=O)n(C)c2=O)s1. The highest BCUT2D eigenvalue weighted by molar-refractivity contribution is 7.11. The van der Waals surface area contributed by atoms with Crippen LogP contribution in [0.15, 0.2) is 27.9 Å². The normalized spacial score (nSPS) is 10.8. The Morgan fingerprint density at radius 1 is 1.25 bits per heavy atom. The van der Waals surface area contributed by atoms with Crippen LogP contribution >= 0.6 is 11.3 Å². The van der Waals surface area contributed by atoms with E-state index >= 15 is 0 Å². The summed E-state index contributed by atoms with van der Waals surface area (Å²) in [5, 5.41) is 0. The molecule has 2 heterocycles. The Balaban J connectivity index is 2.49. The van der Waals surface area contributed by atoms with Crippen LogP contribution in [-0.4, -0.2) is 14.9 Å². The second kappa shape index (κ2) is 5.58. The number of carbonyl (C=O) groups is 1. The van der Waals surface area contributed by atoms with Crippen LogP contribution in [0.1, 0.15) is 34.0 Å². The fourth-order valence-electron chi connectivity index (χ4n) is 1.95. The van der Waals surface area contributed by atoms with E-state index < -0.39 is 11.2 Å². The molecule has 2 aromatic rings. The smallest absolute Gasteiger partial charge is 0.294 e. The van der Waals surface area contributed by atoms with E-state index in [0.29, 0.717) is 6.54 Å². The summed E-state index contributed by atoms with van der Waals surface area (Å²) >= 11 is 1.63. The first kappa shape index (κ1) is 14.5. The molecule has 0 aliphatic rings. The van der Waals surface area contributed by atoms with Gasteiger partial charge in [-0.05, 0) is 25.5 Å². The largest absolute Gasteiger partial charge is 0.331 e. The third-order valence-corrected chi connectivity index (χ3v) is 4.34. The molecule has 0 N–H and O–H groups in total. The van der Waals surface area contributed by atoms with E-state index in [0.717, 1.165) is 15.9 Å². The van der Waals surface area contributed by atoms with Crippen LogP contribution in [0.4, 0.5) is 0 Å². The van der Waals surface area contributed by atoms with E-state index in [9.17, 15) is 14.4 Å². The number of thiophene rings is 1. The maximum absolute atomic E-state index is 12.1. The Bertz CT molecular complexity index is 767. The minimum Gasteiger partial charge on any atom is -0.294 e. The van der Waals surface area contributed by atoms with Gasteiger partial charge in [0.05, 0.1) is 12.1 Å². The van der Waals surface area contributed by atoms with Crippen molar-refractivity contribution in [1.29, 1.82) is 0 Å². The summed E-state index contributed by atoms with van der Waals surface area (Å²) in [4.78, 5) is 37.6. The van der Waals surface area contributed by atoms with E-state index in [2.05, 4.69) is 6.92 Å². The van der Waals surface area contributed by atoms with Gasteiger partial charge < -0.3 is 0 Å². The van der Waals surface area contributed by atoms with E-state index in [1.165, 1.54) is 29.6 Å². The zero-order chi connectivity index (χ0) is 14.9. The van der Waals surface area contributed by atoms with E-state index in [1.54, 1.807) is 11.3 Å². The van der Waals surface area contributed by atoms with Crippen molar-refractivity contribution < 1.29 is 4.79 Å². The fourth-order valence-corrected chi connectivity index (χ4v) is 2.90. The lowest BCUT2D eigenvalue weighted by Crippen LogP contribution is -2.40. The number of hydrogen-bond donors (Lipinski definition) is 0. The van der Waals surface area contributed by atoms with Crippen molar-refractivity contribution >= 4 is 17.1 Å². The average molecular weight is 292 g/mol. The molecule has 0 amide bonds. The van der Waals surface area contributed by atoms with Gasteiger partial charge in [-0.3, -0.25) is 18.7 Å². The van der Waals surface area contributed by atoms with Crippen molar-refractivity contribution in [3.05, 3.63) is 54.5 Å². The Hall–Kier alpha value is -1.95. The van der Waals surface area contributed by atoms with Crippen molar-refractivity contribution in [3.63, 3.8) is 0 Å². The van der Waals surface area contributed by atoms with E-state index in [-0.39, 0.29) is 11.3 Å². The average Bonchev–Trinajstić information content (AvgIpc) is 2.86. The number of Topliss-reactive ketones (excluding diaryl/α,β-unsaturated/α-hetero) is 1. The van der Waals surface area contributed by atoms with Gasteiger partial charge in [-0.15, -0.1) is 11.3 Å². The van der Waals surface area contributed by atoms with Gasteiger partial charge in [-0.2, -0.15) is 0 Å². The zero-order valence-corrected chi connectivity index (χ0v) is 12.5. The second-order valence-electron chi connectivity index (χ2n) is 4.60. The topological polar surface area (TPSA) is 61.1 Å². The lowest BCUT2D eigenvalue weighted by atomic mass is 10.2. The summed E-state index contributed by atoms with van der Waals surface area (Å²) in [7, 11) is 1.39. The summed E-state index contributed by atoms with van der Waals surface area (Å²) in [6, 6.07) is 3.99. The highest BCUT2D eigenvalue weighted by atomic mass is 32.1. The van der Waals surface area contributed by atoms with Gasteiger partial charge in [0.2, 0.25) is 0 Å². The van der Waals surface area contributed by atoms with E-state index in [1.807, 2.05) is 12.1 Å². The minimum atomic E-state index is -0.542. The molecule has 0 aliphatic heterocycles. The molecule has 0 atom stereocenters. The number of hydrogen-bond acceptors (Lipinski definition) is 4. The Morgan fingerprint density at radius 2 is 1.90 bits per heavy atom. The van der Waals surface area contributed by atoms with Gasteiger partial charge in [0, 0.05) is 23.0 Å². The first-order valence-corrected chi connectivity index (χ1v) is 7.14. The third kappa shape index (κ3) is 2.65. The molecule has 0 saturated heterocycles. The Labute approximate surface area is 120 Å². The summed E-state index contributed by atoms with van der Waals surface area (Å²) < 4.78 is 2.38. The highest BCUT2D eigenvalue weighted by Crippen LogP contribution is 2.17. The molecule has 0 aromatic carbocycles. The van der Waals surface area contributed by atoms with Crippen LogP contribution in [0.25, 0.3) is 0 Å². The van der Waals surface area contributed by atoms with Crippen molar-refractivity contribution in [2.24, 2.45) is 7.05 Å². The summed E-state index contributed by atoms with van der Waals surface area (Å²) in [6.07, 6.45) is 2.31. The molecule has 0 saturated carbocycles. The molecule has 106 valence electrons. The van der Waals surface area contributed by atoms with Crippen LogP contribution in [0.3, 0.4) is 0 Å². The summed E-state index contributed by atoms with van der Waals surface area (Å²) in [5.74, 6) is -0.334. The quantitative estimate of drug-likeness (QED) is 0.801. The molecule has 0 bridgehead atoms. The van der Waals surface area contributed by atoms with Crippen molar-refractivity contribution in [2.75, 3.05) is 0 Å². The second-order valence-corrected chi connectivity index (χ2v) is 5.85. The fraction of sp³-hybridized carbons (Fsp3) is 0.357. The number of aromatic nitrogens is 2. The summed E-state index contributed by atoms with van der Waals surface area (Å²) in [6.45, 7) is 3.77. The van der Waals surface area contributed by atoms with Gasteiger partial charge >= 0.3 is 5.69 Å². The van der Waals surface area contributed by atoms with Gasteiger partial charge in [-0.1, -0.05) is 6.92 Å². The number of aryl methyl sites for hydroxylation is 1. The van der Waals surface area contributed by atoms with Crippen molar-refractivity contribution in [3.8, 4) is 0 Å². The standard InChI is InChI=1S/C14H16N2O3S/c1-4-10-5-6-11(20-10)7-16-8-12(9(2)17)13(18)15(3)14(16)19/h5-6,8H,4,7H2,1-3H3. The molecule has 6 heteroatoms.